The van der Waals surface area contributed by atoms with E-state index in [9.17, 15) is 35.3 Å². The van der Waals surface area contributed by atoms with Crippen molar-refractivity contribution in [2.24, 2.45) is 0 Å². The summed E-state index contributed by atoms with van der Waals surface area (Å²) in [5.74, 6) is -9.96. The third kappa shape index (κ3) is 3.54. The summed E-state index contributed by atoms with van der Waals surface area (Å²) >= 11 is 0. The molecule has 9 heteroatoms. The van der Waals surface area contributed by atoms with Gasteiger partial charge in [0.1, 0.15) is 5.56 Å². The van der Waals surface area contributed by atoms with Gasteiger partial charge in [0.15, 0.2) is 30.4 Å². The van der Waals surface area contributed by atoms with E-state index in [4.69, 9.17) is 0 Å². The van der Waals surface area contributed by atoms with Crippen LogP contribution in [-0.4, -0.2) is 0 Å². The molecule has 158 valence electrons. The van der Waals surface area contributed by atoms with Crippen molar-refractivity contribution in [1.82, 2.24) is 0 Å². The Kier molecular flexibility index (Phi) is 5.58. The van der Waals surface area contributed by atoms with Crippen molar-refractivity contribution in [3.8, 4) is 0 Å². The third-order valence-corrected chi connectivity index (χ3v) is 7.60. The van der Waals surface area contributed by atoms with Crippen LogP contribution in [-0.2, 0) is 10.7 Å². The van der Waals surface area contributed by atoms with Gasteiger partial charge in [-0.15, -0.1) is 0 Å². The molecule has 0 fully saturated rings. The maximum Gasteiger partial charge on any atom is 0.422 e. The molecule has 0 amide bonds. The molecule has 3 rings (SSSR count). The average Bonchev–Trinajstić information content (AvgIpc) is 2.65. The van der Waals surface area contributed by atoms with E-state index in [2.05, 4.69) is 0 Å². The van der Waals surface area contributed by atoms with Crippen LogP contribution >= 0.6 is 7.14 Å². The Bertz CT molecular complexity index is 1110. The number of aryl methyl sites for hydroxylation is 2. The molecule has 0 unspecified atom stereocenters. The van der Waals surface area contributed by atoms with Crippen LogP contribution in [0.25, 0.3) is 0 Å². The fourth-order valence-electron chi connectivity index (χ4n) is 3.20. The second-order valence-corrected chi connectivity index (χ2v) is 9.46. The Morgan fingerprint density at radius 3 is 1.43 bits per heavy atom. The lowest BCUT2D eigenvalue weighted by Gasteiger charge is -2.23. The van der Waals surface area contributed by atoms with Gasteiger partial charge in [-0.25, -0.2) is 17.6 Å². The van der Waals surface area contributed by atoms with E-state index in [1.807, 2.05) is 0 Å². The molecule has 0 saturated carbocycles. The summed E-state index contributed by atoms with van der Waals surface area (Å²) in [6, 6.07) is 11.1. The lowest BCUT2D eigenvalue weighted by Crippen LogP contribution is -2.33. The van der Waals surface area contributed by atoms with Crippen LogP contribution in [0.4, 0.5) is 30.7 Å². The fraction of sp³-hybridized carbons (Fsp3) is 0.143. The molecule has 0 aromatic heterocycles. The van der Waals surface area contributed by atoms with Gasteiger partial charge in [0.25, 0.3) is 0 Å². The first kappa shape index (κ1) is 22.1. The summed E-state index contributed by atoms with van der Waals surface area (Å²) < 4.78 is 111. The predicted molar refractivity (Wildman–Crippen MR) is 100 cm³/mol. The Morgan fingerprint density at radius 2 is 1.10 bits per heavy atom. The SMILES string of the molecule is Cc1cccc(P(=O)(c2cccc(C)c2)c2c(F)c(F)c(C(F)(F)F)c(F)c2F)c1. The van der Waals surface area contributed by atoms with Gasteiger partial charge in [0, 0.05) is 10.6 Å². The molecule has 0 atom stereocenters. The molecule has 0 aliphatic carbocycles. The number of halogens is 7. The molecule has 0 bridgehead atoms. The van der Waals surface area contributed by atoms with Crippen molar-refractivity contribution in [1.29, 1.82) is 0 Å². The molecule has 0 N–H and O–H groups in total. The van der Waals surface area contributed by atoms with Crippen LogP contribution in [0.5, 0.6) is 0 Å². The van der Waals surface area contributed by atoms with Crippen LogP contribution in [0.3, 0.4) is 0 Å². The first-order valence-corrected chi connectivity index (χ1v) is 10.3. The summed E-state index contributed by atoms with van der Waals surface area (Å²) in [7, 11) is -4.63. The third-order valence-electron chi connectivity index (χ3n) is 4.57. The van der Waals surface area contributed by atoms with Crippen molar-refractivity contribution >= 4 is 23.1 Å². The molecule has 30 heavy (non-hydrogen) atoms. The van der Waals surface area contributed by atoms with Crippen LogP contribution < -0.4 is 15.9 Å². The first-order valence-electron chi connectivity index (χ1n) is 8.57. The molecule has 0 heterocycles. The fourth-order valence-corrected chi connectivity index (χ4v) is 6.13. The van der Waals surface area contributed by atoms with Crippen LogP contribution in [0.2, 0.25) is 0 Å². The number of hydrogen-bond donors (Lipinski definition) is 0. The Labute approximate surface area is 167 Å². The minimum absolute atomic E-state index is 0.176. The van der Waals surface area contributed by atoms with Crippen molar-refractivity contribution in [2.45, 2.75) is 20.0 Å². The van der Waals surface area contributed by atoms with Gasteiger partial charge < -0.3 is 4.57 Å². The average molecular weight is 446 g/mol. The normalized spacial score (nSPS) is 12.3. The number of hydrogen-bond acceptors (Lipinski definition) is 1. The van der Waals surface area contributed by atoms with Gasteiger partial charge in [-0.3, -0.25) is 0 Å². The summed E-state index contributed by atoms with van der Waals surface area (Å²) in [6.45, 7) is 3.18. The standard InChI is InChI=1S/C21H14F7OP/c1-11-5-3-7-13(9-11)30(29,14-8-4-6-12(2)10-14)20-18(24)16(22)15(21(26,27)28)17(23)19(20)25/h3-10H,1-2H3. The molecule has 0 spiro atoms. The Hall–Kier alpha value is -2.60. The quantitative estimate of drug-likeness (QED) is 0.294. The number of rotatable bonds is 3. The zero-order chi connectivity index (χ0) is 22.4. The largest absolute Gasteiger partial charge is 0.422 e. The van der Waals surface area contributed by atoms with E-state index >= 15 is 0 Å². The van der Waals surface area contributed by atoms with E-state index < -0.39 is 47.5 Å². The van der Waals surface area contributed by atoms with E-state index in [-0.39, 0.29) is 10.6 Å². The molecule has 0 radical (unpaired) electrons. The van der Waals surface area contributed by atoms with E-state index in [0.29, 0.717) is 11.1 Å². The van der Waals surface area contributed by atoms with E-state index in [0.717, 1.165) is 0 Å². The van der Waals surface area contributed by atoms with E-state index in [1.165, 1.54) is 36.4 Å². The van der Waals surface area contributed by atoms with Crippen molar-refractivity contribution in [3.63, 3.8) is 0 Å². The molecule has 0 saturated heterocycles. The van der Waals surface area contributed by atoms with Crippen LogP contribution in [0.1, 0.15) is 16.7 Å². The highest BCUT2D eigenvalue weighted by atomic mass is 31.2. The molecule has 0 aliphatic heterocycles. The van der Waals surface area contributed by atoms with Gasteiger partial charge in [-0.1, -0.05) is 47.5 Å². The highest BCUT2D eigenvalue weighted by Crippen LogP contribution is 2.46. The van der Waals surface area contributed by atoms with Crippen molar-refractivity contribution in [2.75, 3.05) is 0 Å². The smallest absolute Gasteiger partial charge is 0.308 e. The van der Waals surface area contributed by atoms with Crippen molar-refractivity contribution < 1.29 is 35.3 Å². The van der Waals surface area contributed by atoms with Crippen LogP contribution in [0.15, 0.2) is 48.5 Å². The minimum atomic E-state index is -5.69. The molecule has 0 aliphatic rings. The maximum absolute atomic E-state index is 14.8. The lowest BCUT2D eigenvalue weighted by atomic mass is 10.1. The van der Waals surface area contributed by atoms with Gasteiger partial charge in [-0.2, -0.15) is 13.2 Å². The summed E-state index contributed by atoms with van der Waals surface area (Å²) in [5.41, 5.74) is -1.66. The first-order chi connectivity index (χ1) is 13.9. The molecular formula is C21H14F7OP. The molecule has 3 aromatic carbocycles. The van der Waals surface area contributed by atoms with Gasteiger partial charge in [0.2, 0.25) is 0 Å². The lowest BCUT2D eigenvalue weighted by molar-refractivity contribution is -0.143. The zero-order valence-corrected chi connectivity index (χ0v) is 16.5. The second kappa shape index (κ2) is 7.58. The Balaban J connectivity index is 2.50. The number of alkyl halides is 3. The monoisotopic (exact) mass is 446 g/mol. The minimum Gasteiger partial charge on any atom is -0.308 e. The van der Waals surface area contributed by atoms with Gasteiger partial charge in [-0.05, 0) is 26.0 Å². The Morgan fingerprint density at radius 1 is 0.700 bits per heavy atom. The number of benzene rings is 3. The highest BCUT2D eigenvalue weighted by Gasteiger charge is 2.46. The maximum atomic E-state index is 14.8. The second-order valence-electron chi connectivity index (χ2n) is 6.76. The zero-order valence-electron chi connectivity index (χ0n) is 15.6. The van der Waals surface area contributed by atoms with Gasteiger partial charge in [0.05, 0.1) is 5.30 Å². The molecular weight excluding hydrogens is 432 g/mol. The van der Waals surface area contributed by atoms with Crippen molar-refractivity contribution in [3.05, 3.63) is 88.5 Å². The highest BCUT2D eigenvalue weighted by molar-refractivity contribution is 7.85. The molecule has 3 aromatic rings. The van der Waals surface area contributed by atoms with Gasteiger partial charge >= 0.3 is 6.18 Å². The predicted octanol–water partition coefficient (Wildman–Crippen LogP) is 5.52. The summed E-state index contributed by atoms with van der Waals surface area (Å²) in [5, 5.41) is -1.92. The molecule has 1 nitrogen and oxygen atoms in total. The topological polar surface area (TPSA) is 17.1 Å². The van der Waals surface area contributed by atoms with Crippen LogP contribution in [0, 0.1) is 37.1 Å². The van der Waals surface area contributed by atoms with E-state index in [1.54, 1.807) is 26.0 Å². The summed E-state index contributed by atoms with van der Waals surface area (Å²) in [6.07, 6.45) is -5.69. The summed E-state index contributed by atoms with van der Waals surface area (Å²) in [4.78, 5) is 0.